The Morgan fingerprint density at radius 3 is 2.53 bits per heavy atom. The quantitative estimate of drug-likeness (QED) is 0.654. The second-order valence-corrected chi connectivity index (χ2v) is 4.12. The van der Waals surface area contributed by atoms with Gasteiger partial charge in [-0.3, -0.25) is 5.73 Å². The first-order chi connectivity index (χ1) is 8.11. The van der Waals surface area contributed by atoms with E-state index in [9.17, 15) is 0 Å². The summed E-state index contributed by atoms with van der Waals surface area (Å²) in [7, 11) is 0. The van der Waals surface area contributed by atoms with Crippen LogP contribution in [0.25, 0.3) is 0 Å². The molecule has 17 heavy (non-hydrogen) atoms. The average Bonchev–Trinajstić information content (AvgIpc) is 2.30. The van der Waals surface area contributed by atoms with E-state index in [-0.39, 0.29) is 6.17 Å². The monoisotopic (exact) mass is 232 g/mol. The van der Waals surface area contributed by atoms with Gasteiger partial charge in [-0.15, -0.1) is 0 Å². The predicted molar refractivity (Wildman–Crippen MR) is 69.1 cm³/mol. The maximum Gasteiger partial charge on any atom is 0.357 e. The topological polar surface area (TPSA) is 79.4 Å². The van der Waals surface area contributed by atoms with Crippen LogP contribution >= 0.6 is 0 Å². The molecule has 1 unspecified atom stereocenters. The van der Waals surface area contributed by atoms with Gasteiger partial charge in [0.1, 0.15) is 5.69 Å². The molecular weight excluding hydrogens is 214 g/mol. The Hall–Kier alpha value is -2.04. The van der Waals surface area contributed by atoms with Crippen LogP contribution in [0.5, 0.6) is 0 Å². The number of nitrogens with zero attached hydrogens (tertiary/aromatic N) is 2. The van der Waals surface area contributed by atoms with Gasteiger partial charge >= 0.3 is 5.96 Å². The van der Waals surface area contributed by atoms with Crippen molar-refractivity contribution in [2.45, 2.75) is 26.4 Å². The summed E-state index contributed by atoms with van der Waals surface area (Å²) < 4.78 is 1.95. The normalized spacial score (nSPS) is 19.9. The minimum Gasteiger partial charge on any atom is -0.357 e. The van der Waals surface area contributed by atoms with E-state index in [1.807, 2.05) is 16.7 Å². The van der Waals surface area contributed by atoms with Gasteiger partial charge in [0, 0.05) is 0 Å². The summed E-state index contributed by atoms with van der Waals surface area (Å²) in [6.07, 6.45) is 0.802. The first-order valence-electron chi connectivity index (χ1n) is 5.70. The Labute approximate surface area is 101 Å². The highest BCUT2D eigenvalue weighted by molar-refractivity contribution is 5.96. The molecule has 90 valence electrons. The van der Waals surface area contributed by atoms with Gasteiger partial charge in [-0.2, -0.15) is 4.99 Å². The van der Waals surface area contributed by atoms with Crippen LogP contribution in [-0.2, 0) is 0 Å². The number of hydrogen-bond donors (Lipinski definition) is 3. The van der Waals surface area contributed by atoms with Gasteiger partial charge in [0.2, 0.25) is 0 Å². The van der Waals surface area contributed by atoms with Crippen LogP contribution in [-0.4, -0.2) is 22.7 Å². The third kappa shape index (κ3) is 2.22. The average molecular weight is 232 g/mol. The number of nitrogens with one attached hydrogen (secondary N) is 1. The van der Waals surface area contributed by atoms with E-state index in [4.69, 9.17) is 11.5 Å². The van der Waals surface area contributed by atoms with E-state index in [1.165, 1.54) is 5.56 Å². The molecule has 0 aliphatic carbocycles. The Bertz CT molecular complexity index is 472. The lowest BCUT2D eigenvalue weighted by atomic mass is 10.2. The highest BCUT2D eigenvalue weighted by Gasteiger charge is 2.25. The van der Waals surface area contributed by atoms with Crippen molar-refractivity contribution in [1.29, 1.82) is 0 Å². The maximum absolute atomic E-state index is 5.98. The predicted octanol–water partition coefficient (Wildman–Crippen LogP) is 0.608. The first-order valence-corrected chi connectivity index (χ1v) is 5.70. The van der Waals surface area contributed by atoms with E-state index >= 15 is 0 Å². The Kier molecular flexibility index (Phi) is 2.99. The molecule has 0 fully saturated rings. The summed E-state index contributed by atoms with van der Waals surface area (Å²) in [5.41, 5.74) is 13.9. The molecule has 0 saturated heterocycles. The molecule has 1 heterocycles. The molecule has 5 heteroatoms. The zero-order chi connectivity index (χ0) is 12.4. The van der Waals surface area contributed by atoms with E-state index in [0.29, 0.717) is 11.9 Å². The van der Waals surface area contributed by atoms with Crippen LogP contribution in [0.3, 0.4) is 0 Å². The summed E-state index contributed by atoms with van der Waals surface area (Å²) in [5.74, 6) is 0.894. The van der Waals surface area contributed by atoms with Crippen molar-refractivity contribution >= 4 is 17.6 Å². The Morgan fingerprint density at radius 1 is 1.29 bits per heavy atom. The number of benzene rings is 1. The lowest BCUT2D eigenvalue weighted by Gasteiger charge is -2.21. The molecule has 2 rings (SSSR count). The molecule has 0 spiro atoms. The number of hydrogen-bond acceptors (Lipinski definition) is 4. The largest absolute Gasteiger partial charge is 0.357 e. The minimum atomic E-state index is -0.0426. The van der Waals surface area contributed by atoms with E-state index in [2.05, 4.69) is 36.3 Å². The lowest BCUT2D eigenvalue weighted by molar-refractivity contribution is -0.488. The Morgan fingerprint density at radius 2 is 1.94 bits per heavy atom. The second kappa shape index (κ2) is 4.45. The van der Waals surface area contributed by atoms with E-state index in [0.717, 1.165) is 12.1 Å². The lowest BCUT2D eigenvalue weighted by Crippen LogP contribution is -2.52. The molecule has 1 aromatic carbocycles. The first kappa shape index (κ1) is 11.4. The van der Waals surface area contributed by atoms with Gasteiger partial charge < -0.3 is 5.73 Å². The molecule has 1 aliphatic rings. The number of guanidine groups is 2. The van der Waals surface area contributed by atoms with Gasteiger partial charge in [-0.25, -0.2) is 9.89 Å². The van der Waals surface area contributed by atoms with Crippen molar-refractivity contribution in [3.05, 3.63) is 29.8 Å². The van der Waals surface area contributed by atoms with Crippen LogP contribution < -0.4 is 16.8 Å². The van der Waals surface area contributed by atoms with Crippen molar-refractivity contribution in [2.24, 2.45) is 16.5 Å². The summed E-state index contributed by atoms with van der Waals surface area (Å²) in [6, 6.07) is 8.17. The second-order valence-electron chi connectivity index (χ2n) is 4.12. The number of aryl methyl sites for hydroxylation is 1. The SMILES string of the molecule is CCC1N=C(N)NC(N)=[N+]1c1ccc(C)cc1. The van der Waals surface area contributed by atoms with Gasteiger partial charge in [-0.1, -0.05) is 24.6 Å². The summed E-state index contributed by atoms with van der Waals surface area (Å²) in [4.78, 5) is 4.34. The van der Waals surface area contributed by atoms with Crippen LogP contribution in [0.2, 0.25) is 0 Å². The third-order valence-corrected chi connectivity index (χ3v) is 2.78. The van der Waals surface area contributed by atoms with Crippen LogP contribution in [0.4, 0.5) is 5.69 Å². The van der Waals surface area contributed by atoms with Crippen molar-refractivity contribution in [3.8, 4) is 0 Å². The Balaban J connectivity index is 2.42. The van der Waals surface area contributed by atoms with E-state index in [1.54, 1.807) is 0 Å². The molecule has 5 N–H and O–H groups in total. The molecule has 1 aliphatic heterocycles. The van der Waals surface area contributed by atoms with E-state index < -0.39 is 0 Å². The molecule has 0 saturated carbocycles. The van der Waals surface area contributed by atoms with Gasteiger partial charge in [0.05, 0.1) is 0 Å². The van der Waals surface area contributed by atoms with Crippen molar-refractivity contribution in [2.75, 3.05) is 0 Å². The van der Waals surface area contributed by atoms with Crippen LogP contribution in [0.15, 0.2) is 29.3 Å². The maximum atomic E-state index is 5.98. The minimum absolute atomic E-state index is 0.0426. The van der Waals surface area contributed by atoms with Gasteiger partial charge in [0.25, 0.3) is 5.96 Å². The molecule has 0 radical (unpaired) electrons. The van der Waals surface area contributed by atoms with Crippen molar-refractivity contribution < 1.29 is 4.58 Å². The molecule has 5 nitrogen and oxygen atoms in total. The molecule has 0 bridgehead atoms. The van der Waals surface area contributed by atoms with Crippen LogP contribution in [0, 0.1) is 6.92 Å². The molecule has 1 aromatic rings. The molecule has 0 aromatic heterocycles. The van der Waals surface area contributed by atoms with Gasteiger partial charge in [-0.05, 0) is 25.5 Å². The zero-order valence-electron chi connectivity index (χ0n) is 10.1. The number of rotatable bonds is 2. The molecular formula is C12H18N5+. The molecule has 0 amide bonds. The number of nitrogens with two attached hydrogens (primary N) is 2. The van der Waals surface area contributed by atoms with Crippen LogP contribution in [0.1, 0.15) is 18.9 Å². The fraction of sp³-hybridized carbons (Fsp3) is 0.333. The highest BCUT2D eigenvalue weighted by atomic mass is 15.3. The molecule has 1 atom stereocenters. The van der Waals surface area contributed by atoms with Crippen molar-refractivity contribution in [3.63, 3.8) is 0 Å². The number of aliphatic imine (C=N–C) groups is 1. The smallest absolute Gasteiger partial charge is 0.357 e. The zero-order valence-corrected chi connectivity index (χ0v) is 10.1. The van der Waals surface area contributed by atoms with Crippen molar-refractivity contribution in [1.82, 2.24) is 5.32 Å². The summed E-state index contributed by atoms with van der Waals surface area (Å²) >= 11 is 0. The summed E-state index contributed by atoms with van der Waals surface area (Å²) in [5, 5.41) is 2.85. The van der Waals surface area contributed by atoms with Gasteiger partial charge in [0.15, 0.2) is 6.17 Å². The fourth-order valence-corrected chi connectivity index (χ4v) is 1.89. The standard InChI is InChI=1S/C12H17N5/c1-3-10-15-11(13)16-12(14)17(10)9-6-4-8(2)5-7-9/h4-7,10H,3H2,1-2H3,(H4,13,14,15,16)/p+1. The summed E-state index contributed by atoms with van der Waals surface area (Å²) in [6.45, 7) is 4.11. The third-order valence-electron chi connectivity index (χ3n) is 2.78. The fourth-order valence-electron chi connectivity index (χ4n) is 1.89. The highest BCUT2D eigenvalue weighted by Crippen LogP contribution is 2.18.